The number of pyridine rings is 1. The molecule has 1 aliphatic rings. The minimum absolute atomic E-state index is 0.250. The Labute approximate surface area is 111 Å². The number of hydrogen-bond donors (Lipinski definition) is 3. The van der Waals surface area contributed by atoms with E-state index in [0.717, 1.165) is 11.2 Å². The van der Waals surface area contributed by atoms with Crippen LogP contribution in [0.3, 0.4) is 0 Å². The summed E-state index contributed by atoms with van der Waals surface area (Å²) in [6, 6.07) is 3.84. The molecule has 0 fully saturated rings. The van der Waals surface area contributed by atoms with Crippen LogP contribution in [0.1, 0.15) is 20.8 Å². The standard InChI is InChI=1S/C10H12N6.C2H6O/c1-10(2)14-9(11)13-8-6-4-3-5-12-7(6)15-16(8)10;1-2-3/h3-5H,1-2H3,(H3,11,13,14);3H,2H2,1H3. The molecule has 0 amide bonds. The topological polar surface area (TPSA) is 101 Å². The summed E-state index contributed by atoms with van der Waals surface area (Å²) in [6.07, 6.45) is 1.72. The van der Waals surface area contributed by atoms with Gasteiger partial charge in [0.2, 0.25) is 0 Å². The summed E-state index contributed by atoms with van der Waals surface area (Å²) in [5, 5.41) is 16.0. The Kier molecular flexibility index (Phi) is 3.39. The number of aliphatic hydroxyl groups excluding tert-OH is 1. The van der Waals surface area contributed by atoms with E-state index in [-0.39, 0.29) is 6.61 Å². The number of aliphatic imine (C=N–C) groups is 1. The SMILES string of the molecule is CC1(C)N=C(N)Nc2c3cccnc3nn21.CCO. The number of nitrogens with zero attached hydrogens (tertiary/aromatic N) is 4. The first-order valence-corrected chi connectivity index (χ1v) is 6.07. The van der Waals surface area contributed by atoms with Crippen molar-refractivity contribution in [3.63, 3.8) is 0 Å². The largest absolute Gasteiger partial charge is 0.397 e. The van der Waals surface area contributed by atoms with Crippen molar-refractivity contribution in [2.24, 2.45) is 10.7 Å². The van der Waals surface area contributed by atoms with Crippen LogP contribution in [0.4, 0.5) is 5.82 Å². The average Bonchev–Trinajstić information content (AvgIpc) is 2.69. The number of aliphatic hydroxyl groups is 1. The van der Waals surface area contributed by atoms with Gasteiger partial charge in [0, 0.05) is 12.8 Å². The third-order valence-corrected chi connectivity index (χ3v) is 2.61. The Morgan fingerprint density at radius 3 is 2.84 bits per heavy atom. The zero-order valence-electron chi connectivity index (χ0n) is 11.3. The molecule has 2 aromatic rings. The first-order chi connectivity index (χ1) is 8.99. The Bertz CT molecular complexity index is 616. The summed E-state index contributed by atoms with van der Waals surface area (Å²) >= 11 is 0. The lowest BCUT2D eigenvalue weighted by atomic mass is 10.2. The molecule has 7 nitrogen and oxygen atoms in total. The second-order valence-electron chi connectivity index (χ2n) is 4.57. The zero-order valence-corrected chi connectivity index (χ0v) is 11.3. The van der Waals surface area contributed by atoms with Crippen LogP contribution in [-0.4, -0.2) is 32.4 Å². The fraction of sp³-hybridized carbons (Fsp3) is 0.417. The normalized spacial score (nSPS) is 15.9. The van der Waals surface area contributed by atoms with Crippen molar-refractivity contribution in [2.45, 2.75) is 26.4 Å². The Balaban J connectivity index is 0.000000408. The van der Waals surface area contributed by atoms with Gasteiger partial charge in [-0.25, -0.2) is 14.7 Å². The molecule has 0 radical (unpaired) electrons. The monoisotopic (exact) mass is 262 g/mol. The smallest absolute Gasteiger partial charge is 0.196 e. The van der Waals surface area contributed by atoms with Crippen LogP contribution < -0.4 is 11.1 Å². The first kappa shape index (κ1) is 13.3. The van der Waals surface area contributed by atoms with Gasteiger partial charge < -0.3 is 16.2 Å². The van der Waals surface area contributed by atoms with Crippen molar-refractivity contribution < 1.29 is 5.11 Å². The van der Waals surface area contributed by atoms with E-state index in [2.05, 4.69) is 20.4 Å². The lowest BCUT2D eigenvalue weighted by molar-refractivity contribution is 0.318. The van der Waals surface area contributed by atoms with Crippen LogP contribution in [0.2, 0.25) is 0 Å². The van der Waals surface area contributed by atoms with Gasteiger partial charge in [-0.15, -0.1) is 5.10 Å². The molecule has 2 aromatic heterocycles. The molecule has 4 N–H and O–H groups in total. The zero-order chi connectivity index (χ0) is 14.0. The summed E-state index contributed by atoms with van der Waals surface area (Å²) in [5.74, 6) is 1.25. The molecule has 7 heteroatoms. The van der Waals surface area contributed by atoms with Crippen molar-refractivity contribution in [3.8, 4) is 0 Å². The van der Waals surface area contributed by atoms with Crippen molar-refractivity contribution >= 4 is 22.8 Å². The maximum atomic E-state index is 7.57. The summed E-state index contributed by atoms with van der Waals surface area (Å²) in [4.78, 5) is 8.52. The number of aromatic nitrogens is 3. The van der Waals surface area contributed by atoms with Crippen LogP contribution >= 0.6 is 0 Å². The van der Waals surface area contributed by atoms with E-state index >= 15 is 0 Å². The van der Waals surface area contributed by atoms with Crippen molar-refractivity contribution in [2.75, 3.05) is 11.9 Å². The van der Waals surface area contributed by atoms with E-state index in [9.17, 15) is 0 Å². The summed E-state index contributed by atoms with van der Waals surface area (Å²) in [7, 11) is 0. The molecule has 0 saturated heterocycles. The number of guanidine groups is 1. The van der Waals surface area contributed by atoms with Gasteiger partial charge in [-0.3, -0.25) is 0 Å². The van der Waals surface area contributed by atoms with Crippen LogP contribution in [0.25, 0.3) is 11.0 Å². The molecule has 3 heterocycles. The van der Waals surface area contributed by atoms with E-state index in [1.165, 1.54) is 0 Å². The lowest BCUT2D eigenvalue weighted by Gasteiger charge is -2.28. The molecule has 0 aliphatic carbocycles. The summed E-state index contributed by atoms with van der Waals surface area (Å²) in [5.41, 5.74) is 5.97. The number of anilines is 1. The molecule has 0 unspecified atom stereocenters. The minimum atomic E-state index is -0.481. The van der Waals surface area contributed by atoms with Gasteiger partial charge in [0.1, 0.15) is 5.82 Å². The number of rotatable bonds is 0. The highest BCUT2D eigenvalue weighted by molar-refractivity contribution is 6.01. The third kappa shape index (κ3) is 2.37. The minimum Gasteiger partial charge on any atom is -0.397 e. The second-order valence-corrected chi connectivity index (χ2v) is 4.57. The van der Waals surface area contributed by atoms with Gasteiger partial charge in [-0.2, -0.15) is 0 Å². The Morgan fingerprint density at radius 1 is 1.47 bits per heavy atom. The molecule has 0 atom stereocenters. The molecule has 0 aromatic carbocycles. The highest BCUT2D eigenvalue weighted by Gasteiger charge is 2.29. The quantitative estimate of drug-likeness (QED) is 0.653. The van der Waals surface area contributed by atoms with E-state index in [1.54, 1.807) is 17.8 Å². The van der Waals surface area contributed by atoms with E-state index in [1.807, 2.05) is 26.0 Å². The van der Waals surface area contributed by atoms with Crippen molar-refractivity contribution in [3.05, 3.63) is 18.3 Å². The van der Waals surface area contributed by atoms with Crippen LogP contribution in [0, 0.1) is 0 Å². The third-order valence-electron chi connectivity index (χ3n) is 2.61. The molecule has 3 rings (SSSR count). The highest BCUT2D eigenvalue weighted by atomic mass is 16.2. The fourth-order valence-electron chi connectivity index (χ4n) is 1.93. The molecular weight excluding hydrogens is 244 g/mol. The van der Waals surface area contributed by atoms with Crippen LogP contribution in [0.5, 0.6) is 0 Å². The van der Waals surface area contributed by atoms with Crippen molar-refractivity contribution in [1.82, 2.24) is 14.8 Å². The van der Waals surface area contributed by atoms with Gasteiger partial charge in [-0.1, -0.05) is 0 Å². The van der Waals surface area contributed by atoms with Crippen LogP contribution in [-0.2, 0) is 5.66 Å². The molecule has 102 valence electrons. The number of hydrogen-bond acceptors (Lipinski definition) is 6. The number of nitrogens with two attached hydrogens (primary N) is 1. The average molecular weight is 262 g/mol. The predicted octanol–water partition coefficient (Wildman–Crippen LogP) is 0.863. The number of nitrogens with one attached hydrogen (secondary N) is 1. The first-order valence-electron chi connectivity index (χ1n) is 6.07. The van der Waals surface area contributed by atoms with E-state index in [0.29, 0.717) is 11.6 Å². The fourth-order valence-corrected chi connectivity index (χ4v) is 1.93. The Morgan fingerprint density at radius 2 is 2.16 bits per heavy atom. The van der Waals surface area contributed by atoms with Gasteiger partial charge in [0.15, 0.2) is 17.3 Å². The molecule has 0 bridgehead atoms. The lowest BCUT2D eigenvalue weighted by Crippen LogP contribution is -2.38. The molecular formula is C12H18N6O. The molecule has 19 heavy (non-hydrogen) atoms. The van der Waals surface area contributed by atoms with Gasteiger partial charge in [0.05, 0.1) is 5.39 Å². The van der Waals surface area contributed by atoms with Gasteiger partial charge >= 0.3 is 0 Å². The summed E-state index contributed by atoms with van der Waals surface area (Å²) < 4.78 is 1.81. The highest BCUT2D eigenvalue weighted by Crippen LogP contribution is 2.31. The van der Waals surface area contributed by atoms with E-state index in [4.69, 9.17) is 10.8 Å². The van der Waals surface area contributed by atoms with E-state index < -0.39 is 5.66 Å². The summed E-state index contributed by atoms with van der Waals surface area (Å²) in [6.45, 7) is 5.84. The molecule has 1 aliphatic heterocycles. The Hall–Kier alpha value is -2.15. The van der Waals surface area contributed by atoms with Gasteiger partial charge in [-0.05, 0) is 32.9 Å². The maximum Gasteiger partial charge on any atom is 0.196 e. The maximum absolute atomic E-state index is 7.57. The number of fused-ring (bicyclic) bond motifs is 3. The molecule has 0 spiro atoms. The van der Waals surface area contributed by atoms with Crippen LogP contribution in [0.15, 0.2) is 23.3 Å². The van der Waals surface area contributed by atoms with Gasteiger partial charge in [0.25, 0.3) is 0 Å². The molecule has 0 saturated carbocycles. The second kappa shape index (κ2) is 4.85. The predicted molar refractivity (Wildman–Crippen MR) is 74.9 cm³/mol. The van der Waals surface area contributed by atoms with Crippen molar-refractivity contribution in [1.29, 1.82) is 0 Å².